The molecule has 0 N–H and O–H groups in total. The highest BCUT2D eigenvalue weighted by Gasteiger charge is 2.34. The van der Waals surface area contributed by atoms with Crippen molar-refractivity contribution in [3.05, 3.63) is 59.5 Å². The van der Waals surface area contributed by atoms with Crippen LogP contribution in [0.4, 0.5) is 0 Å². The molecular formula is C17H20N2. The number of nitrogens with zero attached hydrogens (tertiary/aromatic N) is 2. The van der Waals surface area contributed by atoms with Crippen LogP contribution in [0, 0.1) is 0 Å². The van der Waals surface area contributed by atoms with E-state index in [9.17, 15) is 0 Å². The van der Waals surface area contributed by atoms with E-state index in [1.54, 1.807) is 5.57 Å². The first-order chi connectivity index (χ1) is 9.31. The van der Waals surface area contributed by atoms with E-state index in [-0.39, 0.29) is 0 Å². The van der Waals surface area contributed by atoms with E-state index in [4.69, 9.17) is 0 Å². The van der Waals surface area contributed by atoms with Crippen LogP contribution in [0.15, 0.2) is 59.5 Å². The molecule has 4 aliphatic heterocycles. The number of rotatable bonds is 1. The van der Waals surface area contributed by atoms with Crippen molar-refractivity contribution in [1.82, 2.24) is 9.80 Å². The lowest BCUT2D eigenvalue weighted by Crippen LogP contribution is -2.36. The Morgan fingerprint density at radius 1 is 1.11 bits per heavy atom. The number of hydrogen-bond donors (Lipinski definition) is 0. The molecule has 0 aromatic rings. The zero-order chi connectivity index (χ0) is 12.8. The summed E-state index contributed by atoms with van der Waals surface area (Å²) in [5.74, 6) is 0. The average Bonchev–Trinajstić information content (AvgIpc) is 2.68. The molecule has 19 heavy (non-hydrogen) atoms. The molecule has 2 atom stereocenters. The molecule has 0 aromatic heterocycles. The summed E-state index contributed by atoms with van der Waals surface area (Å²) < 4.78 is 0. The summed E-state index contributed by atoms with van der Waals surface area (Å²) in [5, 5.41) is 0. The van der Waals surface area contributed by atoms with E-state index >= 15 is 0 Å². The highest BCUT2D eigenvalue weighted by Crippen LogP contribution is 2.37. The van der Waals surface area contributed by atoms with Crippen molar-refractivity contribution >= 4 is 0 Å². The van der Waals surface area contributed by atoms with Crippen molar-refractivity contribution in [3.63, 3.8) is 0 Å². The Morgan fingerprint density at radius 3 is 2.95 bits per heavy atom. The second-order valence-electron chi connectivity index (χ2n) is 5.97. The predicted octanol–water partition coefficient (Wildman–Crippen LogP) is 2.99. The third-order valence-corrected chi connectivity index (χ3v) is 4.93. The summed E-state index contributed by atoms with van der Waals surface area (Å²) in [4.78, 5) is 4.90. The van der Waals surface area contributed by atoms with Crippen LogP contribution in [0.1, 0.15) is 19.3 Å². The van der Waals surface area contributed by atoms with Crippen LogP contribution in [0.25, 0.3) is 0 Å². The van der Waals surface area contributed by atoms with Gasteiger partial charge in [-0.2, -0.15) is 0 Å². The zero-order valence-electron chi connectivity index (χ0n) is 11.4. The lowest BCUT2D eigenvalue weighted by molar-refractivity contribution is 0.255. The first-order valence-corrected chi connectivity index (χ1v) is 7.26. The van der Waals surface area contributed by atoms with Gasteiger partial charge >= 0.3 is 0 Å². The molecule has 0 spiro atoms. The molecular weight excluding hydrogens is 232 g/mol. The summed E-state index contributed by atoms with van der Waals surface area (Å²) in [5.41, 5.74) is 4.40. The number of hydrogen-bond acceptors (Lipinski definition) is 2. The second kappa shape index (κ2) is 4.24. The van der Waals surface area contributed by atoms with Gasteiger partial charge < -0.3 is 4.90 Å². The van der Waals surface area contributed by atoms with E-state index in [0.29, 0.717) is 6.04 Å². The smallest absolute Gasteiger partial charge is 0.0478 e. The maximum absolute atomic E-state index is 2.55. The Balaban J connectivity index is 1.63. The van der Waals surface area contributed by atoms with Gasteiger partial charge in [0, 0.05) is 30.5 Å². The Bertz CT molecular complexity index is 548. The molecule has 2 nitrogen and oxygen atoms in total. The molecule has 0 radical (unpaired) electrons. The molecule has 98 valence electrons. The molecule has 4 rings (SSSR count). The van der Waals surface area contributed by atoms with Crippen molar-refractivity contribution in [2.45, 2.75) is 31.3 Å². The normalized spacial score (nSPS) is 32.9. The Morgan fingerprint density at radius 2 is 2.05 bits per heavy atom. The van der Waals surface area contributed by atoms with Crippen LogP contribution in [-0.2, 0) is 0 Å². The molecule has 1 fully saturated rings. The van der Waals surface area contributed by atoms with Gasteiger partial charge in [-0.05, 0) is 55.7 Å². The number of fused-ring (bicyclic) bond motifs is 3. The summed E-state index contributed by atoms with van der Waals surface area (Å²) in [6.45, 7) is 1.03. The molecule has 0 aliphatic carbocycles. The van der Waals surface area contributed by atoms with E-state index in [0.717, 1.165) is 12.6 Å². The third kappa shape index (κ3) is 1.82. The van der Waals surface area contributed by atoms with Gasteiger partial charge in [0.05, 0.1) is 0 Å². The minimum Gasteiger partial charge on any atom is -0.344 e. The van der Waals surface area contributed by atoms with Crippen molar-refractivity contribution in [1.29, 1.82) is 0 Å². The Kier molecular flexibility index (Phi) is 2.52. The molecule has 2 unspecified atom stereocenters. The molecule has 2 heteroatoms. The van der Waals surface area contributed by atoms with Crippen LogP contribution in [0.5, 0.6) is 0 Å². The standard InChI is InChI=1S/C17H20N2/c1-18-16-7-8-17(18)11-14(10-16)13-5-6-15-4-2-3-9-19(15)12-13/h2-6,9-10,16-17H,7-8,11-12H2,1H3. The van der Waals surface area contributed by atoms with Gasteiger partial charge in [-0.25, -0.2) is 0 Å². The molecule has 4 heterocycles. The lowest BCUT2D eigenvalue weighted by Gasteiger charge is -2.34. The Labute approximate surface area is 115 Å². The van der Waals surface area contributed by atoms with E-state index in [1.165, 1.54) is 30.5 Å². The average molecular weight is 252 g/mol. The zero-order valence-corrected chi connectivity index (χ0v) is 11.4. The van der Waals surface area contributed by atoms with Gasteiger partial charge in [-0.15, -0.1) is 0 Å². The first-order valence-electron chi connectivity index (χ1n) is 7.26. The van der Waals surface area contributed by atoms with Crippen LogP contribution in [-0.4, -0.2) is 35.5 Å². The fourth-order valence-electron chi connectivity index (χ4n) is 3.70. The van der Waals surface area contributed by atoms with Crippen LogP contribution in [0.3, 0.4) is 0 Å². The number of likely N-dealkylation sites (N-methyl/N-ethyl adjacent to an activating group) is 1. The van der Waals surface area contributed by atoms with Crippen molar-refractivity contribution in [3.8, 4) is 0 Å². The predicted molar refractivity (Wildman–Crippen MR) is 78.4 cm³/mol. The molecule has 0 amide bonds. The molecule has 2 bridgehead atoms. The van der Waals surface area contributed by atoms with E-state index in [1.807, 2.05) is 0 Å². The highest BCUT2D eigenvalue weighted by atomic mass is 15.2. The molecule has 1 saturated heterocycles. The second-order valence-corrected chi connectivity index (χ2v) is 5.97. The summed E-state index contributed by atoms with van der Waals surface area (Å²) in [6.07, 6.45) is 19.6. The topological polar surface area (TPSA) is 6.48 Å². The molecule has 0 aromatic carbocycles. The van der Waals surface area contributed by atoms with Gasteiger partial charge in [0.2, 0.25) is 0 Å². The third-order valence-electron chi connectivity index (χ3n) is 4.93. The van der Waals surface area contributed by atoms with Crippen LogP contribution < -0.4 is 0 Å². The first kappa shape index (κ1) is 11.3. The number of allylic oxidation sites excluding steroid dienone is 5. The molecule has 4 aliphatic rings. The maximum Gasteiger partial charge on any atom is 0.0478 e. The SMILES string of the molecule is CN1C2C=C(C3=CC=C4C=CC=CN4C3)CC1CC2. The van der Waals surface area contributed by atoms with Crippen LogP contribution in [0.2, 0.25) is 0 Å². The van der Waals surface area contributed by atoms with Gasteiger partial charge in [0.15, 0.2) is 0 Å². The highest BCUT2D eigenvalue weighted by molar-refractivity contribution is 5.45. The van der Waals surface area contributed by atoms with Crippen LogP contribution >= 0.6 is 0 Å². The Hall–Kier alpha value is -1.54. The summed E-state index contributed by atoms with van der Waals surface area (Å²) >= 11 is 0. The van der Waals surface area contributed by atoms with Crippen molar-refractivity contribution in [2.24, 2.45) is 0 Å². The van der Waals surface area contributed by atoms with Gasteiger partial charge in [-0.1, -0.05) is 18.2 Å². The lowest BCUT2D eigenvalue weighted by atomic mass is 9.92. The minimum absolute atomic E-state index is 0.678. The quantitative estimate of drug-likeness (QED) is 0.708. The fourth-order valence-corrected chi connectivity index (χ4v) is 3.70. The van der Waals surface area contributed by atoms with Crippen molar-refractivity contribution < 1.29 is 0 Å². The minimum atomic E-state index is 0.678. The van der Waals surface area contributed by atoms with Gasteiger partial charge in [-0.3, -0.25) is 4.90 Å². The maximum atomic E-state index is 2.55. The van der Waals surface area contributed by atoms with Gasteiger partial charge in [0.25, 0.3) is 0 Å². The fraction of sp³-hybridized carbons (Fsp3) is 0.412. The monoisotopic (exact) mass is 252 g/mol. The summed E-state index contributed by atoms with van der Waals surface area (Å²) in [7, 11) is 2.28. The molecule has 0 saturated carbocycles. The van der Waals surface area contributed by atoms with E-state index < -0.39 is 0 Å². The largest absolute Gasteiger partial charge is 0.344 e. The van der Waals surface area contributed by atoms with Gasteiger partial charge in [0.1, 0.15) is 0 Å². The summed E-state index contributed by atoms with van der Waals surface area (Å²) in [6, 6.07) is 1.45. The van der Waals surface area contributed by atoms with Crippen molar-refractivity contribution in [2.75, 3.05) is 13.6 Å². The van der Waals surface area contributed by atoms with E-state index in [2.05, 4.69) is 59.5 Å².